The molecule has 0 aromatic heterocycles. The van der Waals surface area contributed by atoms with Gasteiger partial charge in [0, 0.05) is 24.5 Å². The summed E-state index contributed by atoms with van der Waals surface area (Å²) in [5.74, 6) is 1.41. The number of sulfonamides is 1. The van der Waals surface area contributed by atoms with Crippen LogP contribution in [0.2, 0.25) is 0 Å². The molecule has 5 nitrogen and oxygen atoms in total. The summed E-state index contributed by atoms with van der Waals surface area (Å²) in [6.45, 7) is 3.22. The van der Waals surface area contributed by atoms with E-state index in [0.29, 0.717) is 30.4 Å². The fraction of sp³-hybridized carbons (Fsp3) is 0.381. The van der Waals surface area contributed by atoms with Crippen molar-refractivity contribution < 1.29 is 13.2 Å². The zero-order valence-corrected chi connectivity index (χ0v) is 17.6. The second-order valence-corrected chi connectivity index (χ2v) is 10.1. The Bertz CT molecular complexity index is 884. The summed E-state index contributed by atoms with van der Waals surface area (Å²) in [7, 11) is -3.47. The number of benzene rings is 2. The highest BCUT2D eigenvalue weighted by molar-refractivity contribution is 7.99. The normalized spacial score (nSPS) is 18.0. The molecule has 1 atom stereocenters. The second kappa shape index (κ2) is 9.58. The van der Waals surface area contributed by atoms with Crippen molar-refractivity contribution in [3.8, 4) is 0 Å². The zero-order chi connectivity index (χ0) is 20.0. The lowest BCUT2D eigenvalue weighted by molar-refractivity contribution is -0.113. The highest BCUT2D eigenvalue weighted by Crippen LogP contribution is 2.24. The third kappa shape index (κ3) is 5.59. The Morgan fingerprint density at radius 1 is 1.14 bits per heavy atom. The number of hydrogen-bond donors (Lipinski definition) is 1. The molecular weight excluding hydrogens is 392 g/mol. The summed E-state index contributed by atoms with van der Waals surface area (Å²) in [6, 6.07) is 16.5. The summed E-state index contributed by atoms with van der Waals surface area (Å²) < 4.78 is 27.1. The van der Waals surface area contributed by atoms with Crippen molar-refractivity contribution in [3.05, 3.63) is 60.2 Å². The molecule has 0 saturated carbocycles. The van der Waals surface area contributed by atoms with E-state index in [1.54, 1.807) is 40.3 Å². The molecule has 0 aliphatic carbocycles. The van der Waals surface area contributed by atoms with Gasteiger partial charge in [0.1, 0.15) is 0 Å². The minimum Gasteiger partial charge on any atom is -0.325 e. The molecule has 150 valence electrons. The topological polar surface area (TPSA) is 66.5 Å². The summed E-state index contributed by atoms with van der Waals surface area (Å²) in [6.07, 6.45) is 1.97. The third-order valence-electron chi connectivity index (χ3n) is 4.74. The molecule has 1 unspecified atom stereocenters. The van der Waals surface area contributed by atoms with E-state index in [1.165, 1.54) is 5.56 Å². The maximum Gasteiger partial charge on any atom is 0.243 e. The number of nitrogens with zero attached hydrogens (tertiary/aromatic N) is 1. The lowest BCUT2D eigenvalue weighted by Gasteiger charge is -2.30. The van der Waals surface area contributed by atoms with E-state index < -0.39 is 10.0 Å². The Labute approximate surface area is 171 Å². The van der Waals surface area contributed by atoms with Gasteiger partial charge in [0.2, 0.25) is 15.9 Å². The van der Waals surface area contributed by atoms with E-state index in [1.807, 2.05) is 30.3 Å². The van der Waals surface area contributed by atoms with Gasteiger partial charge in [-0.05, 0) is 48.6 Å². The maximum absolute atomic E-state index is 12.8. The first-order valence-corrected chi connectivity index (χ1v) is 12.1. The van der Waals surface area contributed by atoms with Crippen LogP contribution >= 0.6 is 11.8 Å². The van der Waals surface area contributed by atoms with Gasteiger partial charge < -0.3 is 5.32 Å². The van der Waals surface area contributed by atoms with Crippen molar-refractivity contribution in [1.29, 1.82) is 0 Å². The average molecular weight is 419 g/mol. The first-order valence-electron chi connectivity index (χ1n) is 9.47. The number of rotatable bonds is 7. The molecule has 1 fully saturated rings. The van der Waals surface area contributed by atoms with Gasteiger partial charge in [0.05, 0.1) is 10.6 Å². The molecule has 2 aromatic carbocycles. The molecule has 1 saturated heterocycles. The van der Waals surface area contributed by atoms with Gasteiger partial charge in [0.15, 0.2) is 0 Å². The summed E-state index contributed by atoms with van der Waals surface area (Å²) >= 11 is 1.55. The Morgan fingerprint density at radius 3 is 2.54 bits per heavy atom. The average Bonchev–Trinajstić information content (AvgIpc) is 2.69. The second-order valence-electron chi connectivity index (χ2n) is 7.16. The molecule has 28 heavy (non-hydrogen) atoms. The third-order valence-corrected chi connectivity index (χ3v) is 7.62. The van der Waals surface area contributed by atoms with E-state index in [9.17, 15) is 13.2 Å². The molecule has 1 aliphatic rings. The van der Waals surface area contributed by atoms with Crippen molar-refractivity contribution in [2.24, 2.45) is 5.92 Å². The lowest BCUT2D eigenvalue weighted by atomic mass is 10.0. The fourth-order valence-electron chi connectivity index (χ4n) is 3.26. The first kappa shape index (κ1) is 20.9. The van der Waals surface area contributed by atoms with Gasteiger partial charge in [0.25, 0.3) is 0 Å². The highest BCUT2D eigenvalue weighted by atomic mass is 32.2. The van der Waals surface area contributed by atoms with Crippen LogP contribution in [0.3, 0.4) is 0 Å². The number of piperidine rings is 1. The number of hydrogen-bond acceptors (Lipinski definition) is 4. The number of nitrogens with one attached hydrogen (secondary N) is 1. The first-order chi connectivity index (χ1) is 13.4. The summed E-state index contributed by atoms with van der Waals surface area (Å²) in [5, 5.41) is 2.83. The maximum atomic E-state index is 12.8. The zero-order valence-electron chi connectivity index (χ0n) is 16.0. The van der Waals surface area contributed by atoms with Crippen LogP contribution in [0.25, 0.3) is 0 Å². The molecule has 2 aromatic rings. The van der Waals surface area contributed by atoms with Crippen molar-refractivity contribution in [1.82, 2.24) is 4.31 Å². The molecule has 0 radical (unpaired) electrons. The minimum absolute atomic E-state index is 0.0959. The van der Waals surface area contributed by atoms with Crippen molar-refractivity contribution >= 4 is 33.4 Å². The van der Waals surface area contributed by atoms with Crippen LogP contribution in [-0.2, 0) is 20.6 Å². The van der Waals surface area contributed by atoms with E-state index in [2.05, 4.69) is 12.2 Å². The van der Waals surface area contributed by atoms with Crippen molar-refractivity contribution in [2.45, 2.75) is 30.4 Å². The quantitative estimate of drug-likeness (QED) is 0.739. The van der Waals surface area contributed by atoms with E-state index in [-0.39, 0.29) is 10.8 Å². The van der Waals surface area contributed by atoms with Gasteiger partial charge >= 0.3 is 0 Å². The highest BCUT2D eigenvalue weighted by Gasteiger charge is 2.28. The Morgan fingerprint density at radius 2 is 1.86 bits per heavy atom. The van der Waals surface area contributed by atoms with E-state index in [4.69, 9.17) is 0 Å². The van der Waals surface area contributed by atoms with Crippen LogP contribution in [0.1, 0.15) is 25.3 Å². The molecule has 1 aliphatic heterocycles. The van der Waals surface area contributed by atoms with Crippen LogP contribution in [0.15, 0.2) is 59.5 Å². The Balaban J connectivity index is 1.53. The number of amides is 1. The molecule has 3 rings (SSSR count). The molecule has 7 heteroatoms. The minimum atomic E-state index is -3.47. The number of anilines is 1. The van der Waals surface area contributed by atoms with Gasteiger partial charge in [-0.3, -0.25) is 4.79 Å². The van der Waals surface area contributed by atoms with Crippen LogP contribution in [0.4, 0.5) is 5.69 Å². The summed E-state index contributed by atoms with van der Waals surface area (Å²) in [5.41, 5.74) is 1.79. The molecule has 0 spiro atoms. The standard InChI is InChI=1S/C21H26N2O3S2/c1-17-6-5-13-23(14-17)28(25,26)20-11-9-19(10-12-20)22-21(24)16-27-15-18-7-3-2-4-8-18/h2-4,7-12,17H,5-6,13-16H2,1H3,(H,22,24). The molecule has 1 N–H and O–H groups in total. The van der Waals surface area contributed by atoms with Crippen molar-refractivity contribution in [3.63, 3.8) is 0 Å². The molecule has 0 bridgehead atoms. The Kier molecular flexibility index (Phi) is 7.15. The lowest BCUT2D eigenvalue weighted by Crippen LogP contribution is -2.39. The smallest absolute Gasteiger partial charge is 0.243 e. The summed E-state index contributed by atoms with van der Waals surface area (Å²) in [4.78, 5) is 12.4. The van der Waals surface area contributed by atoms with E-state index in [0.717, 1.165) is 18.6 Å². The van der Waals surface area contributed by atoms with Gasteiger partial charge in [-0.2, -0.15) is 4.31 Å². The Hall–Kier alpha value is -1.83. The monoisotopic (exact) mass is 418 g/mol. The predicted molar refractivity (Wildman–Crippen MR) is 115 cm³/mol. The molecule has 1 amide bonds. The fourth-order valence-corrected chi connectivity index (χ4v) is 5.64. The number of carbonyl (C=O) groups excluding carboxylic acids is 1. The van der Waals surface area contributed by atoms with Gasteiger partial charge in [-0.15, -0.1) is 11.8 Å². The predicted octanol–water partition coefficient (Wildman–Crippen LogP) is 3.98. The van der Waals surface area contributed by atoms with Crippen molar-refractivity contribution in [2.75, 3.05) is 24.2 Å². The van der Waals surface area contributed by atoms with Crippen LogP contribution in [0, 0.1) is 5.92 Å². The number of carbonyl (C=O) groups is 1. The largest absolute Gasteiger partial charge is 0.325 e. The van der Waals surface area contributed by atoms with Gasteiger partial charge in [-0.25, -0.2) is 8.42 Å². The van der Waals surface area contributed by atoms with E-state index >= 15 is 0 Å². The van der Waals surface area contributed by atoms with Gasteiger partial charge in [-0.1, -0.05) is 37.3 Å². The SMILES string of the molecule is CC1CCCN(S(=O)(=O)c2ccc(NC(=O)CSCc3ccccc3)cc2)C1. The van der Waals surface area contributed by atoms with Crippen LogP contribution < -0.4 is 5.32 Å². The molecular formula is C21H26N2O3S2. The number of thioether (sulfide) groups is 1. The molecule has 1 heterocycles. The van der Waals surface area contributed by atoms with Crippen LogP contribution in [-0.4, -0.2) is 37.5 Å². The van der Waals surface area contributed by atoms with Crippen LogP contribution in [0.5, 0.6) is 0 Å².